The van der Waals surface area contributed by atoms with Crippen LogP contribution in [0.2, 0.25) is 0 Å². The van der Waals surface area contributed by atoms with Crippen LogP contribution >= 0.6 is 11.3 Å². The molecule has 2 aromatic heterocycles. The first kappa shape index (κ1) is 25.0. The fourth-order valence-electron chi connectivity index (χ4n) is 5.76. The summed E-state index contributed by atoms with van der Waals surface area (Å²) in [6, 6.07) is 45.2. The lowest BCUT2D eigenvalue weighted by atomic mass is 9.95. The Morgan fingerprint density at radius 1 is 0.628 bits per heavy atom. The number of nitrogens with two attached hydrogens (primary N) is 1. The molecule has 0 bridgehead atoms. The van der Waals surface area contributed by atoms with Crippen LogP contribution in [0.15, 0.2) is 132 Å². The van der Waals surface area contributed by atoms with Crippen molar-refractivity contribution >= 4 is 49.2 Å². The number of nitrogens with zero attached hydrogens (tertiary/aromatic N) is 2. The van der Waals surface area contributed by atoms with E-state index in [9.17, 15) is 0 Å². The van der Waals surface area contributed by atoms with E-state index < -0.39 is 0 Å². The van der Waals surface area contributed by atoms with Crippen molar-refractivity contribution in [3.8, 4) is 50.0 Å². The number of thiazole rings is 1. The number of benzene rings is 6. The Kier molecular flexibility index (Phi) is 5.82. The summed E-state index contributed by atoms with van der Waals surface area (Å²) in [7, 11) is 0. The van der Waals surface area contributed by atoms with Gasteiger partial charge in [-0.05, 0) is 64.7 Å². The fourth-order valence-corrected chi connectivity index (χ4v) is 6.84. The third-order valence-corrected chi connectivity index (χ3v) is 8.98. The molecule has 0 fully saturated rings. The molecule has 4 nitrogen and oxygen atoms in total. The predicted molar refractivity (Wildman–Crippen MR) is 178 cm³/mol. The molecule has 0 aliphatic rings. The molecule has 202 valence electrons. The maximum Gasteiger partial charge on any atom is 0.143 e. The minimum absolute atomic E-state index is 0.655. The molecular weight excluding hydrogens is 547 g/mol. The molecule has 0 saturated carbocycles. The van der Waals surface area contributed by atoms with E-state index in [-0.39, 0.29) is 0 Å². The second-order valence-electron chi connectivity index (χ2n) is 10.5. The van der Waals surface area contributed by atoms with Gasteiger partial charge in [0.1, 0.15) is 16.2 Å². The first-order valence-corrected chi connectivity index (χ1v) is 14.8. The molecule has 0 saturated heterocycles. The number of anilines is 1. The lowest BCUT2D eigenvalue weighted by Crippen LogP contribution is -1.89. The maximum atomic E-state index is 9.15. The number of nitriles is 1. The molecular formula is C38H23N3OS. The predicted octanol–water partition coefficient (Wildman–Crippen LogP) is 10.3. The Morgan fingerprint density at radius 3 is 2.05 bits per heavy atom. The van der Waals surface area contributed by atoms with Crippen molar-refractivity contribution in [2.24, 2.45) is 0 Å². The van der Waals surface area contributed by atoms with E-state index in [0.29, 0.717) is 11.3 Å². The number of fused-ring (bicyclic) bond motifs is 4. The second-order valence-corrected chi connectivity index (χ2v) is 11.6. The highest BCUT2D eigenvalue weighted by Crippen LogP contribution is 2.43. The van der Waals surface area contributed by atoms with Gasteiger partial charge in [0.25, 0.3) is 0 Å². The Labute approximate surface area is 251 Å². The molecule has 0 unspecified atom stereocenters. The van der Waals surface area contributed by atoms with Gasteiger partial charge in [-0.3, -0.25) is 0 Å². The van der Waals surface area contributed by atoms with Crippen LogP contribution in [-0.4, -0.2) is 4.98 Å². The molecule has 0 radical (unpaired) electrons. The van der Waals surface area contributed by atoms with E-state index in [1.54, 1.807) is 11.3 Å². The number of hydrogen-bond donors (Lipinski definition) is 1. The Balaban J connectivity index is 1.33. The van der Waals surface area contributed by atoms with E-state index in [4.69, 9.17) is 20.4 Å². The summed E-state index contributed by atoms with van der Waals surface area (Å²) >= 11 is 1.65. The van der Waals surface area contributed by atoms with Gasteiger partial charge >= 0.3 is 0 Å². The third kappa shape index (κ3) is 4.25. The van der Waals surface area contributed by atoms with Crippen molar-refractivity contribution in [2.75, 3.05) is 5.73 Å². The number of nitrogen functional groups attached to an aromatic ring is 1. The number of furan rings is 1. The lowest BCUT2D eigenvalue weighted by molar-refractivity contribution is 0.670. The van der Waals surface area contributed by atoms with Gasteiger partial charge in [-0.1, -0.05) is 84.9 Å². The van der Waals surface area contributed by atoms with Crippen LogP contribution in [0.5, 0.6) is 0 Å². The minimum atomic E-state index is 0.655. The number of rotatable bonds is 4. The number of para-hydroxylation sites is 3. The average molecular weight is 570 g/mol. The van der Waals surface area contributed by atoms with Crippen molar-refractivity contribution in [1.82, 2.24) is 4.98 Å². The Hall–Kier alpha value is -5.70. The Bertz CT molecular complexity index is 2360. The highest BCUT2D eigenvalue weighted by molar-refractivity contribution is 7.21. The first-order chi connectivity index (χ1) is 21.2. The average Bonchev–Trinajstić information content (AvgIpc) is 3.66. The summed E-state index contributed by atoms with van der Waals surface area (Å²) in [5.41, 5.74) is 17.7. The molecule has 8 aromatic rings. The van der Waals surface area contributed by atoms with Gasteiger partial charge < -0.3 is 10.2 Å². The molecule has 43 heavy (non-hydrogen) atoms. The standard InChI is InChI=1S/C38H23N3OS/c39-22-23-12-14-24(15-13-23)25-16-18-26(19-17-25)27-20-32(30-9-5-8-29-28-6-2-4-11-34(28)42-37(29)30)36-35(21-27)43-38(41-36)31-7-1-3-10-33(31)40/h1-21H,40H2. The summed E-state index contributed by atoms with van der Waals surface area (Å²) in [5, 5.41) is 12.2. The highest BCUT2D eigenvalue weighted by atomic mass is 32.1. The van der Waals surface area contributed by atoms with Gasteiger partial charge in [0.15, 0.2) is 0 Å². The Morgan fingerprint density at radius 2 is 1.28 bits per heavy atom. The maximum absolute atomic E-state index is 9.15. The monoisotopic (exact) mass is 569 g/mol. The first-order valence-electron chi connectivity index (χ1n) is 14.0. The van der Waals surface area contributed by atoms with E-state index in [2.05, 4.69) is 66.7 Å². The zero-order valence-corrected chi connectivity index (χ0v) is 23.7. The van der Waals surface area contributed by atoms with Crippen molar-refractivity contribution in [1.29, 1.82) is 5.26 Å². The van der Waals surface area contributed by atoms with Crippen LogP contribution in [-0.2, 0) is 0 Å². The molecule has 6 aromatic carbocycles. The van der Waals surface area contributed by atoms with Crippen molar-refractivity contribution < 1.29 is 4.42 Å². The van der Waals surface area contributed by atoms with Crippen molar-refractivity contribution in [3.63, 3.8) is 0 Å². The van der Waals surface area contributed by atoms with E-state index in [0.717, 1.165) is 76.1 Å². The summed E-state index contributed by atoms with van der Waals surface area (Å²) in [5.74, 6) is 0. The molecule has 5 heteroatoms. The molecule has 0 amide bonds. The van der Waals surface area contributed by atoms with Crippen LogP contribution in [0, 0.1) is 11.3 Å². The quantitative estimate of drug-likeness (QED) is 0.214. The van der Waals surface area contributed by atoms with Gasteiger partial charge in [0.2, 0.25) is 0 Å². The molecule has 2 heterocycles. The smallest absolute Gasteiger partial charge is 0.143 e. The zero-order chi connectivity index (χ0) is 28.9. The SMILES string of the molecule is N#Cc1ccc(-c2ccc(-c3cc(-c4cccc5c4oc4ccccc45)c4nc(-c5ccccc5N)sc4c3)cc2)cc1. The molecule has 0 atom stereocenters. The van der Waals surface area contributed by atoms with Crippen LogP contribution in [0.3, 0.4) is 0 Å². The topological polar surface area (TPSA) is 75.8 Å². The lowest BCUT2D eigenvalue weighted by Gasteiger charge is -2.10. The van der Waals surface area contributed by atoms with Gasteiger partial charge in [0, 0.05) is 33.2 Å². The molecule has 0 aliphatic heterocycles. The van der Waals surface area contributed by atoms with E-state index in [1.165, 1.54) is 0 Å². The third-order valence-electron chi connectivity index (χ3n) is 7.95. The van der Waals surface area contributed by atoms with Crippen molar-refractivity contribution in [2.45, 2.75) is 0 Å². The van der Waals surface area contributed by atoms with Crippen LogP contribution < -0.4 is 5.73 Å². The van der Waals surface area contributed by atoms with Crippen LogP contribution in [0.25, 0.3) is 76.1 Å². The summed E-state index contributed by atoms with van der Waals surface area (Å²) < 4.78 is 7.54. The largest absolute Gasteiger partial charge is 0.455 e. The van der Waals surface area contributed by atoms with Crippen molar-refractivity contribution in [3.05, 3.63) is 133 Å². The second kappa shape index (κ2) is 9.99. The van der Waals surface area contributed by atoms with Crippen LogP contribution in [0.4, 0.5) is 5.69 Å². The van der Waals surface area contributed by atoms with Gasteiger partial charge in [-0.25, -0.2) is 4.98 Å². The van der Waals surface area contributed by atoms with Gasteiger partial charge in [-0.2, -0.15) is 5.26 Å². The summed E-state index contributed by atoms with van der Waals surface area (Å²) in [6.45, 7) is 0. The van der Waals surface area contributed by atoms with Crippen LogP contribution in [0.1, 0.15) is 5.56 Å². The molecule has 0 aliphatic carbocycles. The molecule has 8 rings (SSSR count). The molecule has 0 spiro atoms. The minimum Gasteiger partial charge on any atom is -0.455 e. The number of hydrogen-bond acceptors (Lipinski definition) is 5. The summed E-state index contributed by atoms with van der Waals surface area (Å²) in [4.78, 5) is 5.16. The van der Waals surface area contributed by atoms with Gasteiger partial charge in [-0.15, -0.1) is 11.3 Å². The van der Waals surface area contributed by atoms with E-state index in [1.807, 2.05) is 66.7 Å². The zero-order valence-electron chi connectivity index (χ0n) is 22.9. The normalized spacial score (nSPS) is 11.3. The summed E-state index contributed by atoms with van der Waals surface area (Å²) in [6.07, 6.45) is 0. The van der Waals surface area contributed by atoms with Gasteiger partial charge in [0.05, 0.1) is 21.8 Å². The van der Waals surface area contributed by atoms with E-state index >= 15 is 0 Å². The fraction of sp³-hybridized carbons (Fsp3) is 0. The molecule has 2 N–H and O–H groups in total. The number of aromatic nitrogens is 1. The highest BCUT2D eigenvalue weighted by Gasteiger charge is 2.19.